The number of pyridine rings is 1. The van der Waals surface area contributed by atoms with E-state index in [-0.39, 0.29) is 5.82 Å². The Labute approximate surface area is 119 Å². The van der Waals surface area contributed by atoms with Gasteiger partial charge in [0.1, 0.15) is 5.82 Å². The van der Waals surface area contributed by atoms with Crippen molar-refractivity contribution in [2.45, 2.75) is 6.92 Å². The van der Waals surface area contributed by atoms with Crippen LogP contribution in [0.15, 0.2) is 22.7 Å². The van der Waals surface area contributed by atoms with E-state index in [9.17, 15) is 4.39 Å². The molecule has 0 atom stereocenters. The Kier molecular flexibility index (Phi) is 3.41. The van der Waals surface area contributed by atoms with Crippen molar-refractivity contribution in [3.05, 3.63) is 34.2 Å². The average molecular weight is 324 g/mol. The van der Waals surface area contributed by atoms with Crippen molar-refractivity contribution in [1.82, 2.24) is 10.3 Å². The summed E-state index contributed by atoms with van der Waals surface area (Å²) in [5.41, 5.74) is 2.74. The molecule has 5 heteroatoms. The second-order valence-corrected chi connectivity index (χ2v) is 5.55. The summed E-state index contributed by atoms with van der Waals surface area (Å²) in [6.07, 6.45) is 0. The first-order valence-electron chi connectivity index (χ1n) is 6.38. The number of piperazine rings is 1. The Morgan fingerprint density at radius 3 is 2.79 bits per heavy atom. The SMILES string of the molecule is Cc1nc2cc(F)ccc2c(N2CCNCC2)c1Br. The van der Waals surface area contributed by atoms with E-state index in [1.165, 1.54) is 12.1 Å². The summed E-state index contributed by atoms with van der Waals surface area (Å²) in [5.74, 6) is -0.243. The summed E-state index contributed by atoms with van der Waals surface area (Å²) in [5, 5.41) is 4.34. The molecular weight excluding hydrogens is 309 g/mol. The molecule has 0 spiro atoms. The first-order valence-corrected chi connectivity index (χ1v) is 7.17. The Hall–Kier alpha value is -1.20. The zero-order valence-corrected chi connectivity index (χ0v) is 12.3. The molecule has 1 aliphatic heterocycles. The van der Waals surface area contributed by atoms with Gasteiger partial charge in [0.15, 0.2) is 0 Å². The highest BCUT2D eigenvalue weighted by Gasteiger charge is 2.18. The number of hydrogen-bond acceptors (Lipinski definition) is 3. The van der Waals surface area contributed by atoms with Crippen molar-refractivity contribution >= 4 is 32.5 Å². The van der Waals surface area contributed by atoms with Gasteiger partial charge in [0.25, 0.3) is 0 Å². The number of benzene rings is 1. The normalized spacial score (nSPS) is 16.1. The molecule has 1 saturated heterocycles. The third kappa shape index (κ3) is 2.32. The van der Waals surface area contributed by atoms with E-state index < -0.39 is 0 Å². The topological polar surface area (TPSA) is 28.2 Å². The summed E-state index contributed by atoms with van der Waals surface area (Å²) < 4.78 is 14.4. The summed E-state index contributed by atoms with van der Waals surface area (Å²) in [6.45, 7) is 5.79. The van der Waals surface area contributed by atoms with Gasteiger partial charge in [-0.1, -0.05) is 0 Å². The fourth-order valence-electron chi connectivity index (χ4n) is 2.51. The van der Waals surface area contributed by atoms with Gasteiger partial charge in [-0.25, -0.2) is 4.39 Å². The lowest BCUT2D eigenvalue weighted by molar-refractivity contribution is 0.589. The maximum atomic E-state index is 13.4. The highest BCUT2D eigenvalue weighted by atomic mass is 79.9. The van der Waals surface area contributed by atoms with E-state index >= 15 is 0 Å². The largest absolute Gasteiger partial charge is 0.367 e. The number of halogens is 2. The molecule has 0 amide bonds. The maximum Gasteiger partial charge on any atom is 0.125 e. The van der Waals surface area contributed by atoms with Crippen LogP contribution >= 0.6 is 15.9 Å². The molecule has 0 saturated carbocycles. The average Bonchev–Trinajstić information content (AvgIpc) is 2.41. The Balaban J connectivity index is 2.22. The van der Waals surface area contributed by atoms with Crippen molar-refractivity contribution in [1.29, 1.82) is 0 Å². The van der Waals surface area contributed by atoms with Crippen LogP contribution in [0.5, 0.6) is 0 Å². The van der Waals surface area contributed by atoms with Crippen LogP contribution in [0.25, 0.3) is 10.9 Å². The summed E-state index contributed by atoms with van der Waals surface area (Å²) in [7, 11) is 0. The molecule has 0 aliphatic carbocycles. The highest BCUT2D eigenvalue weighted by Crippen LogP contribution is 2.36. The van der Waals surface area contributed by atoms with Crippen LogP contribution in [0.1, 0.15) is 5.69 Å². The van der Waals surface area contributed by atoms with E-state index in [4.69, 9.17) is 0 Å². The van der Waals surface area contributed by atoms with E-state index in [1.54, 1.807) is 0 Å². The number of aromatic nitrogens is 1. The number of aryl methyl sites for hydroxylation is 1. The smallest absolute Gasteiger partial charge is 0.125 e. The van der Waals surface area contributed by atoms with Crippen LogP contribution in [0.4, 0.5) is 10.1 Å². The van der Waals surface area contributed by atoms with Crippen LogP contribution < -0.4 is 10.2 Å². The second kappa shape index (κ2) is 5.06. The van der Waals surface area contributed by atoms with Crippen LogP contribution in [0.2, 0.25) is 0 Å². The van der Waals surface area contributed by atoms with E-state index in [2.05, 4.69) is 31.1 Å². The van der Waals surface area contributed by atoms with E-state index in [0.29, 0.717) is 5.52 Å². The van der Waals surface area contributed by atoms with Crippen molar-refractivity contribution in [2.24, 2.45) is 0 Å². The van der Waals surface area contributed by atoms with Crippen molar-refractivity contribution < 1.29 is 4.39 Å². The first-order chi connectivity index (χ1) is 9.16. The van der Waals surface area contributed by atoms with Crippen molar-refractivity contribution in [3.8, 4) is 0 Å². The third-order valence-corrected chi connectivity index (χ3v) is 4.41. The minimum atomic E-state index is -0.243. The lowest BCUT2D eigenvalue weighted by Gasteiger charge is -2.31. The summed E-state index contributed by atoms with van der Waals surface area (Å²) in [4.78, 5) is 6.79. The number of fused-ring (bicyclic) bond motifs is 1. The zero-order valence-electron chi connectivity index (χ0n) is 10.7. The molecule has 1 aromatic carbocycles. The van der Waals surface area contributed by atoms with Gasteiger partial charge in [0.2, 0.25) is 0 Å². The third-order valence-electron chi connectivity index (χ3n) is 3.46. The molecule has 1 fully saturated rings. The van der Waals surface area contributed by atoms with Gasteiger partial charge in [-0.2, -0.15) is 0 Å². The fourth-order valence-corrected chi connectivity index (χ4v) is 3.07. The van der Waals surface area contributed by atoms with E-state index in [1.807, 2.05) is 13.0 Å². The van der Waals surface area contributed by atoms with Gasteiger partial charge >= 0.3 is 0 Å². The van der Waals surface area contributed by atoms with Gasteiger partial charge in [-0.3, -0.25) is 4.98 Å². The molecule has 2 aromatic rings. The molecule has 1 N–H and O–H groups in total. The van der Waals surface area contributed by atoms with Crippen LogP contribution in [0, 0.1) is 12.7 Å². The number of hydrogen-bond donors (Lipinski definition) is 1. The van der Waals surface area contributed by atoms with E-state index in [0.717, 1.165) is 47.4 Å². The van der Waals surface area contributed by atoms with Gasteiger partial charge in [0, 0.05) is 37.6 Å². The molecule has 0 unspecified atom stereocenters. The van der Waals surface area contributed by atoms with Crippen molar-refractivity contribution in [2.75, 3.05) is 31.1 Å². The van der Waals surface area contributed by atoms with Gasteiger partial charge in [-0.05, 0) is 35.0 Å². The Bertz CT molecular complexity index is 624. The molecule has 1 aromatic heterocycles. The van der Waals surface area contributed by atoms with Crippen LogP contribution in [-0.4, -0.2) is 31.2 Å². The van der Waals surface area contributed by atoms with Crippen LogP contribution in [-0.2, 0) is 0 Å². The molecule has 3 nitrogen and oxygen atoms in total. The number of nitrogens with zero attached hydrogens (tertiary/aromatic N) is 2. The Morgan fingerprint density at radius 1 is 1.32 bits per heavy atom. The predicted octanol–water partition coefficient (Wildman–Crippen LogP) is 2.85. The van der Waals surface area contributed by atoms with Gasteiger partial charge in [0.05, 0.1) is 21.4 Å². The minimum absolute atomic E-state index is 0.243. The molecule has 100 valence electrons. The fraction of sp³-hybridized carbons (Fsp3) is 0.357. The zero-order chi connectivity index (χ0) is 13.4. The molecule has 1 aliphatic rings. The summed E-state index contributed by atoms with van der Waals surface area (Å²) >= 11 is 3.64. The molecular formula is C14H15BrFN3. The summed E-state index contributed by atoms with van der Waals surface area (Å²) in [6, 6.07) is 4.82. The second-order valence-electron chi connectivity index (χ2n) is 4.76. The predicted molar refractivity (Wildman–Crippen MR) is 79.2 cm³/mol. The quantitative estimate of drug-likeness (QED) is 0.874. The number of rotatable bonds is 1. The highest BCUT2D eigenvalue weighted by molar-refractivity contribution is 9.10. The van der Waals surface area contributed by atoms with Gasteiger partial charge < -0.3 is 10.2 Å². The number of anilines is 1. The van der Waals surface area contributed by atoms with Gasteiger partial charge in [-0.15, -0.1) is 0 Å². The lowest BCUT2D eigenvalue weighted by atomic mass is 10.1. The molecule has 0 bridgehead atoms. The molecule has 19 heavy (non-hydrogen) atoms. The molecule has 3 rings (SSSR count). The monoisotopic (exact) mass is 323 g/mol. The standard InChI is InChI=1S/C14H15BrFN3/c1-9-13(15)14(19-6-4-17-5-7-19)11-3-2-10(16)8-12(11)18-9/h2-3,8,17H,4-7H2,1H3. The molecule has 2 heterocycles. The number of nitrogens with one attached hydrogen (secondary N) is 1. The minimum Gasteiger partial charge on any atom is -0.367 e. The molecule has 0 radical (unpaired) electrons. The van der Waals surface area contributed by atoms with Crippen LogP contribution in [0.3, 0.4) is 0 Å². The first kappa shape index (κ1) is 12.8. The lowest BCUT2D eigenvalue weighted by Crippen LogP contribution is -2.43. The Morgan fingerprint density at radius 2 is 2.05 bits per heavy atom. The maximum absolute atomic E-state index is 13.4. The van der Waals surface area contributed by atoms with Crippen molar-refractivity contribution in [3.63, 3.8) is 0 Å².